The summed E-state index contributed by atoms with van der Waals surface area (Å²) >= 11 is 0. The molecular weight excluding hydrogens is 198 g/mol. The largest absolute Gasteiger partial charge is 0.508 e. The molecule has 0 saturated carbocycles. The standard InChI is InChI=1S/C14H21NO/c1-10(2)14(11-7-8-15-9-11)12-5-3-4-6-13(12)16/h3-6,10-11,14-16H,7-9H2,1-2H3. The molecule has 0 radical (unpaired) electrons. The number of phenolic OH excluding ortho intramolecular Hbond substituents is 1. The van der Waals surface area contributed by atoms with Gasteiger partial charge in [0.15, 0.2) is 0 Å². The summed E-state index contributed by atoms with van der Waals surface area (Å²) in [4.78, 5) is 0. The van der Waals surface area contributed by atoms with Gasteiger partial charge in [-0.15, -0.1) is 0 Å². The zero-order valence-electron chi connectivity index (χ0n) is 10.1. The maximum atomic E-state index is 9.97. The molecule has 1 fully saturated rings. The fourth-order valence-electron chi connectivity index (χ4n) is 2.91. The van der Waals surface area contributed by atoms with Gasteiger partial charge in [0.05, 0.1) is 0 Å². The summed E-state index contributed by atoms with van der Waals surface area (Å²) in [5, 5.41) is 13.4. The highest BCUT2D eigenvalue weighted by Gasteiger charge is 2.29. The number of benzene rings is 1. The fraction of sp³-hybridized carbons (Fsp3) is 0.571. The first-order chi connectivity index (χ1) is 7.70. The van der Waals surface area contributed by atoms with Crippen molar-refractivity contribution >= 4 is 0 Å². The Hall–Kier alpha value is -1.02. The van der Waals surface area contributed by atoms with Gasteiger partial charge >= 0.3 is 0 Å². The second kappa shape index (κ2) is 4.88. The van der Waals surface area contributed by atoms with Gasteiger partial charge in [-0.2, -0.15) is 0 Å². The summed E-state index contributed by atoms with van der Waals surface area (Å²) in [5.41, 5.74) is 1.12. The third-order valence-electron chi connectivity index (χ3n) is 3.62. The van der Waals surface area contributed by atoms with E-state index in [1.807, 2.05) is 12.1 Å². The van der Waals surface area contributed by atoms with Crippen LogP contribution in [-0.4, -0.2) is 18.2 Å². The number of hydrogen-bond donors (Lipinski definition) is 2. The van der Waals surface area contributed by atoms with Crippen LogP contribution in [0.4, 0.5) is 0 Å². The Morgan fingerprint density at radius 1 is 1.31 bits per heavy atom. The molecule has 16 heavy (non-hydrogen) atoms. The molecule has 1 aromatic carbocycles. The van der Waals surface area contributed by atoms with Crippen molar-refractivity contribution in [3.63, 3.8) is 0 Å². The fourth-order valence-corrected chi connectivity index (χ4v) is 2.91. The Morgan fingerprint density at radius 3 is 2.62 bits per heavy atom. The molecule has 1 aromatic rings. The topological polar surface area (TPSA) is 32.3 Å². The molecule has 1 aliphatic rings. The van der Waals surface area contributed by atoms with E-state index in [2.05, 4.69) is 25.2 Å². The molecular formula is C14H21NO. The van der Waals surface area contributed by atoms with Crippen LogP contribution in [-0.2, 0) is 0 Å². The van der Waals surface area contributed by atoms with Crippen molar-refractivity contribution in [1.82, 2.24) is 5.32 Å². The molecule has 2 atom stereocenters. The van der Waals surface area contributed by atoms with Crippen LogP contribution in [0.3, 0.4) is 0 Å². The van der Waals surface area contributed by atoms with Crippen LogP contribution in [0, 0.1) is 11.8 Å². The molecule has 2 unspecified atom stereocenters. The molecule has 2 N–H and O–H groups in total. The zero-order chi connectivity index (χ0) is 11.5. The Morgan fingerprint density at radius 2 is 2.06 bits per heavy atom. The third kappa shape index (κ3) is 2.22. The molecule has 0 aromatic heterocycles. The predicted octanol–water partition coefficient (Wildman–Crippen LogP) is 2.74. The van der Waals surface area contributed by atoms with E-state index in [0.717, 1.165) is 18.7 Å². The normalized spacial score (nSPS) is 22.6. The van der Waals surface area contributed by atoms with E-state index in [1.54, 1.807) is 6.07 Å². The third-order valence-corrected chi connectivity index (χ3v) is 3.62. The van der Waals surface area contributed by atoms with E-state index >= 15 is 0 Å². The molecule has 1 heterocycles. The molecule has 0 aliphatic carbocycles. The van der Waals surface area contributed by atoms with Gasteiger partial charge in [0, 0.05) is 0 Å². The van der Waals surface area contributed by atoms with Crippen molar-refractivity contribution < 1.29 is 5.11 Å². The average Bonchev–Trinajstić information content (AvgIpc) is 2.74. The van der Waals surface area contributed by atoms with Crippen LogP contribution in [0.25, 0.3) is 0 Å². The maximum Gasteiger partial charge on any atom is 0.119 e. The van der Waals surface area contributed by atoms with Crippen LogP contribution < -0.4 is 5.32 Å². The highest BCUT2D eigenvalue weighted by molar-refractivity contribution is 5.35. The Bertz CT molecular complexity index is 342. The second-order valence-electron chi connectivity index (χ2n) is 5.08. The number of para-hydroxylation sites is 1. The summed E-state index contributed by atoms with van der Waals surface area (Å²) in [7, 11) is 0. The van der Waals surface area contributed by atoms with Gasteiger partial charge in [-0.05, 0) is 48.9 Å². The molecule has 2 nitrogen and oxygen atoms in total. The highest BCUT2D eigenvalue weighted by atomic mass is 16.3. The van der Waals surface area contributed by atoms with Gasteiger partial charge in [-0.3, -0.25) is 0 Å². The maximum absolute atomic E-state index is 9.97. The second-order valence-corrected chi connectivity index (χ2v) is 5.08. The Labute approximate surface area is 97.7 Å². The minimum atomic E-state index is 0.452. The Kier molecular flexibility index (Phi) is 3.49. The van der Waals surface area contributed by atoms with Crippen molar-refractivity contribution in [1.29, 1.82) is 0 Å². The van der Waals surface area contributed by atoms with Gasteiger partial charge < -0.3 is 10.4 Å². The summed E-state index contributed by atoms with van der Waals surface area (Å²) in [6.07, 6.45) is 1.22. The van der Waals surface area contributed by atoms with E-state index < -0.39 is 0 Å². The summed E-state index contributed by atoms with van der Waals surface area (Å²) in [6.45, 7) is 6.68. The van der Waals surface area contributed by atoms with Gasteiger partial charge in [-0.25, -0.2) is 0 Å². The lowest BCUT2D eigenvalue weighted by atomic mass is 9.77. The summed E-state index contributed by atoms with van der Waals surface area (Å²) in [6, 6.07) is 7.78. The smallest absolute Gasteiger partial charge is 0.119 e. The molecule has 1 saturated heterocycles. The lowest BCUT2D eigenvalue weighted by Gasteiger charge is -2.27. The Balaban J connectivity index is 2.28. The predicted molar refractivity (Wildman–Crippen MR) is 66.7 cm³/mol. The first kappa shape index (κ1) is 11.5. The highest BCUT2D eigenvalue weighted by Crippen LogP contribution is 2.39. The van der Waals surface area contributed by atoms with Crippen molar-refractivity contribution in [3.8, 4) is 5.75 Å². The average molecular weight is 219 g/mol. The van der Waals surface area contributed by atoms with Crippen LogP contribution in [0.2, 0.25) is 0 Å². The van der Waals surface area contributed by atoms with Crippen molar-refractivity contribution in [2.24, 2.45) is 11.8 Å². The van der Waals surface area contributed by atoms with Crippen LogP contribution in [0.5, 0.6) is 5.75 Å². The first-order valence-corrected chi connectivity index (χ1v) is 6.18. The molecule has 2 rings (SSSR count). The SMILES string of the molecule is CC(C)C(c1ccccc1O)C1CCNC1. The van der Waals surface area contributed by atoms with Crippen LogP contribution in [0.1, 0.15) is 31.7 Å². The molecule has 0 spiro atoms. The van der Waals surface area contributed by atoms with E-state index in [0.29, 0.717) is 23.5 Å². The number of rotatable bonds is 3. The van der Waals surface area contributed by atoms with E-state index in [4.69, 9.17) is 0 Å². The van der Waals surface area contributed by atoms with E-state index in [9.17, 15) is 5.11 Å². The number of hydrogen-bond acceptors (Lipinski definition) is 2. The van der Waals surface area contributed by atoms with Gasteiger partial charge in [-0.1, -0.05) is 32.0 Å². The van der Waals surface area contributed by atoms with Gasteiger partial charge in [0.25, 0.3) is 0 Å². The minimum Gasteiger partial charge on any atom is -0.508 e. The lowest BCUT2D eigenvalue weighted by Crippen LogP contribution is -2.20. The lowest BCUT2D eigenvalue weighted by molar-refractivity contribution is 0.349. The van der Waals surface area contributed by atoms with E-state index in [-0.39, 0.29) is 0 Å². The van der Waals surface area contributed by atoms with E-state index in [1.165, 1.54) is 6.42 Å². The number of phenols is 1. The van der Waals surface area contributed by atoms with Gasteiger partial charge in [0.2, 0.25) is 0 Å². The van der Waals surface area contributed by atoms with Crippen LogP contribution in [0.15, 0.2) is 24.3 Å². The molecule has 88 valence electrons. The summed E-state index contributed by atoms with van der Waals surface area (Å²) < 4.78 is 0. The first-order valence-electron chi connectivity index (χ1n) is 6.18. The quantitative estimate of drug-likeness (QED) is 0.819. The number of aromatic hydroxyl groups is 1. The molecule has 0 amide bonds. The van der Waals surface area contributed by atoms with Crippen molar-refractivity contribution in [3.05, 3.63) is 29.8 Å². The molecule has 0 bridgehead atoms. The monoisotopic (exact) mass is 219 g/mol. The van der Waals surface area contributed by atoms with Crippen molar-refractivity contribution in [2.45, 2.75) is 26.2 Å². The number of nitrogens with one attached hydrogen (secondary N) is 1. The molecule has 2 heteroatoms. The van der Waals surface area contributed by atoms with Crippen LogP contribution >= 0.6 is 0 Å². The van der Waals surface area contributed by atoms with Crippen molar-refractivity contribution in [2.75, 3.05) is 13.1 Å². The zero-order valence-corrected chi connectivity index (χ0v) is 10.1. The van der Waals surface area contributed by atoms with Gasteiger partial charge in [0.1, 0.15) is 5.75 Å². The molecule has 1 aliphatic heterocycles. The minimum absolute atomic E-state index is 0.452. The summed E-state index contributed by atoms with van der Waals surface area (Å²) in [5.74, 6) is 2.15.